The predicted octanol–water partition coefficient (Wildman–Crippen LogP) is 3.00. The average Bonchev–Trinajstić information content (AvgIpc) is 2.68. The highest BCUT2D eigenvalue weighted by molar-refractivity contribution is 6.37. The van der Waals surface area contributed by atoms with Crippen LogP contribution in [0.15, 0.2) is 29.4 Å². The number of carbonyl (C=O) groups is 1. The Bertz CT molecular complexity index is 671. The lowest BCUT2D eigenvalue weighted by Crippen LogP contribution is -2.48. The van der Waals surface area contributed by atoms with E-state index in [-0.39, 0.29) is 23.6 Å². The summed E-state index contributed by atoms with van der Waals surface area (Å²) < 4.78 is 45.0. The Morgan fingerprint density at radius 2 is 1.96 bits per heavy atom. The van der Waals surface area contributed by atoms with E-state index in [1.165, 1.54) is 25.2 Å². The van der Waals surface area contributed by atoms with Crippen LogP contribution in [0.4, 0.5) is 13.2 Å². The van der Waals surface area contributed by atoms with Gasteiger partial charge in [0.05, 0.1) is 5.56 Å². The SMILES string of the molecule is CCCCN/N=C(\C(=O)NC)N1CCC(Oc2ccccc2C(F)(F)F)CC1. The first kappa shape index (κ1) is 21.8. The molecule has 28 heavy (non-hydrogen) atoms. The Kier molecular flexibility index (Phi) is 7.95. The number of piperidine rings is 1. The number of alkyl halides is 3. The Labute approximate surface area is 163 Å². The van der Waals surface area contributed by atoms with Gasteiger partial charge in [0.1, 0.15) is 11.9 Å². The molecule has 0 radical (unpaired) electrons. The number of amidine groups is 1. The number of rotatable bonds is 6. The van der Waals surface area contributed by atoms with Crippen LogP contribution in [0.3, 0.4) is 0 Å². The summed E-state index contributed by atoms with van der Waals surface area (Å²) in [7, 11) is 1.54. The molecule has 156 valence electrons. The second-order valence-electron chi connectivity index (χ2n) is 6.57. The predicted molar refractivity (Wildman–Crippen MR) is 101 cm³/mol. The third kappa shape index (κ3) is 6.03. The summed E-state index contributed by atoms with van der Waals surface area (Å²) >= 11 is 0. The van der Waals surface area contributed by atoms with Crippen LogP contribution in [0.2, 0.25) is 0 Å². The molecule has 1 heterocycles. The van der Waals surface area contributed by atoms with Crippen molar-refractivity contribution in [3.8, 4) is 5.75 Å². The van der Waals surface area contributed by atoms with E-state index in [4.69, 9.17) is 4.74 Å². The van der Waals surface area contributed by atoms with Gasteiger partial charge in [-0.25, -0.2) is 0 Å². The molecule has 1 amide bonds. The molecule has 0 aromatic heterocycles. The zero-order valence-electron chi connectivity index (χ0n) is 16.2. The minimum Gasteiger partial charge on any atom is -0.490 e. The van der Waals surface area contributed by atoms with E-state index in [0.717, 1.165) is 18.9 Å². The quantitative estimate of drug-likeness (QED) is 0.334. The molecule has 1 aliphatic heterocycles. The standard InChI is InChI=1S/C19H27F3N4O2/c1-3-4-11-24-25-17(18(27)23-2)26-12-9-14(10-13-26)28-16-8-6-5-7-15(16)19(20,21)22/h5-8,14,24H,3-4,9-13H2,1-2H3,(H,23,27)/b25-17+. The van der Waals surface area contributed by atoms with E-state index in [2.05, 4.69) is 22.8 Å². The van der Waals surface area contributed by atoms with Gasteiger partial charge in [-0.1, -0.05) is 25.5 Å². The number of nitrogens with zero attached hydrogens (tertiary/aromatic N) is 2. The number of benzene rings is 1. The second kappa shape index (κ2) is 10.2. The van der Waals surface area contributed by atoms with E-state index in [0.29, 0.717) is 32.5 Å². The van der Waals surface area contributed by atoms with E-state index < -0.39 is 11.7 Å². The van der Waals surface area contributed by atoms with Gasteiger partial charge in [-0.3, -0.25) is 4.79 Å². The maximum atomic E-state index is 13.1. The van der Waals surface area contributed by atoms with Gasteiger partial charge in [-0.2, -0.15) is 18.3 Å². The Morgan fingerprint density at radius 1 is 1.29 bits per heavy atom. The van der Waals surface area contributed by atoms with E-state index in [1.807, 2.05) is 4.90 Å². The van der Waals surface area contributed by atoms with Gasteiger partial charge < -0.3 is 20.4 Å². The lowest BCUT2D eigenvalue weighted by atomic mass is 10.1. The molecule has 0 spiro atoms. The molecule has 0 atom stereocenters. The molecule has 1 fully saturated rings. The van der Waals surface area contributed by atoms with Crippen LogP contribution in [0.5, 0.6) is 5.75 Å². The van der Waals surface area contributed by atoms with Crippen LogP contribution < -0.4 is 15.5 Å². The number of para-hydroxylation sites is 1. The van der Waals surface area contributed by atoms with Crippen molar-refractivity contribution in [3.63, 3.8) is 0 Å². The zero-order valence-corrected chi connectivity index (χ0v) is 16.2. The largest absolute Gasteiger partial charge is 0.490 e. The highest BCUT2D eigenvalue weighted by atomic mass is 19.4. The van der Waals surface area contributed by atoms with E-state index >= 15 is 0 Å². The van der Waals surface area contributed by atoms with Gasteiger partial charge in [0.2, 0.25) is 5.84 Å². The number of hydrogen-bond acceptors (Lipinski definition) is 4. The number of carbonyl (C=O) groups excluding carboxylic acids is 1. The third-order valence-electron chi connectivity index (χ3n) is 4.48. The van der Waals surface area contributed by atoms with Crippen molar-refractivity contribution in [2.75, 3.05) is 26.7 Å². The second-order valence-corrected chi connectivity index (χ2v) is 6.57. The van der Waals surface area contributed by atoms with Crippen molar-refractivity contribution in [2.24, 2.45) is 5.10 Å². The van der Waals surface area contributed by atoms with Crippen molar-refractivity contribution < 1.29 is 22.7 Å². The molecule has 0 bridgehead atoms. The molecule has 1 saturated heterocycles. The lowest BCUT2D eigenvalue weighted by molar-refractivity contribution is -0.139. The topological polar surface area (TPSA) is 66.0 Å². The molecular formula is C19H27F3N4O2. The average molecular weight is 400 g/mol. The van der Waals surface area contributed by atoms with Gasteiger partial charge in [-0.05, 0) is 18.6 Å². The third-order valence-corrected chi connectivity index (χ3v) is 4.48. The molecule has 1 aliphatic rings. The smallest absolute Gasteiger partial charge is 0.419 e. The van der Waals surface area contributed by atoms with Crippen LogP contribution in [-0.2, 0) is 11.0 Å². The summed E-state index contributed by atoms with van der Waals surface area (Å²) in [5.41, 5.74) is 2.13. The van der Waals surface area contributed by atoms with Gasteiger partial charge >= 0.3 is 6.18 Å². The van der Waals surface area contributed by atoms with Crippen molar-refractivity contribution in [3.05, 3.63) is 29.8 Å². The van der Waals surface area contributed by atoms with Crippen LogP contribution in [0, 0.1) is 0 Å². The van der Waals surface area contributed by atoms with Gasteiger partial charge in [-0.15, -0.1) is 0 Å². The van der Waals surface area contributed by atoms with E-state index in [9.17, 15) is 18.0 Å². The van der Waals surface area contributed by atoms with Crippen molar-refractivity contribution in [1.82, 2.24) is 15.6 Å². The highest BCUT2D eigenvalue weighted by Gasteiger charge is 2.35. The Hall–Kier alpha value is -2.45. The fourth-order valence-electron chi connectivity index (χ4n) is 2.93. The fourth-order valence-corrected chi connectivity index (χ4v) is 2.93. The highest BCUT2D eigenvalue weighted by Crippen LogP contribution is 2.36. The number of unbranched alkanes of at least 4 members (excludes halogenated alkanes) is 1. The zero-order chi connectivity index (χ0) is 20.6. The number of amides is 1. The minimum absolute atomic E-state index is 0.158. The first-order valence-corrected chi connectivity index (χ1v) is 9.47. The van der Waals surface area contributed by atoms with Crippen LogP contribution in [-0.4, -0.2) is 49.4 Å². The molecule has 1 aromatic rings. The molecule has 1 aromatic carbocycles. The normalized spacial score (nSPS) is 16.0. The van der Waals surface area contributed by atoms with Crippen LogP contribution >= 0.6 is 0 Å². The fraction of sp³-hybridized carbons (Fsp3) is 0.579. The molecule has 9 heteroatoms. The molecule has 2 rings (SSSR count). The summed E-state index contributed by atoms with van der Waals surface area (Å²) in [6.45, 7) is 3.68. The maximum Gasteiger partial charge on any atom is 0.419 e. The van der Waals surface area contributed by atoms with Gasteiger partial charge in [0.25, 0.3) is 5.91 Å². The first-order valence-electron chi connectivity index (χ1n) is 9.47. The summed E-state index contributed by atoms with van der Waals surface area (Å²) in [6.07, 6.45) is -1.85. The Morgan fingerprint density at radius 3 is 2.57 bits per heavy atom. The van der Waals surface area contributed by atoms with Crippen molar-refractivity contribution >= 4 is 11.7 Å². The number of likely N-dealkylation sites (tertiary alicyclic amines) is 1. The minimum atomic E-state index is -4.46. The molecule has 0 unspecified atom stereocenters. The number of nitrogens with one attached hydrogen (secondary N) is 2. The van der Waals surface area contributed by atoms with E-state index in [1.54, 1.807) is 0 Å². The number of halogens is 3. The summed E-state index contributed by atoms with van der Waals surface area (Å²) in [5.74, 6) is -0.173. The van der Waals surface area contributed by atoms with Crippen LogP contribution in [0.25, 0.3) is 0 Å². The first-order chi connectivity index (χ1) is 13.4. The van der Waals surface area contributed by atoms with Crippen LogP contribution in [0.1, 0.15) is 38.2 Å². The number of ether oxygens (including phenoxy) is 1. The molecule has 0 saturated carbocycles. The maximum absolute atomic E-state index is 13.1. The molecule has 2 N–H and O–H groups in total. The van der Waals surface area contributed by atoms with Gasteiger partial charge in [0.15, 0.2) is 0 Å². The van der Waals surface area contributed by atoms with Crippen molar-refractivity contribution in [2.45, 2.75) is 44.9 Å². The number of likely N-dealkylation sites (N-methyl/N-ethyl adjacent to an activating group) is 1. The molecule has 6 nitrogen and oxygen atoms in total. The summed E-state index contributed by atoms with van der Waals surface area (Å²) in [4.78, 5) is 13.9. The number of hydrogen-bond donors (Lipinski definition) is 2. The summed E-state index contributed by atoms with van der Waals surface area (Å²) in [6, 6.07) is 5.22. The lowest BCUT2D eigenvalue weighted by Gasteiger charge is -2.33. The monoisotopic (exact) mass is 400 g/mol. The molecule has 0 aliphatic carbocycles. The van der Waals surface area contributed by atoms with Gasteiger partial charge in [0, 0.05) is 39.5 Å². The Balaban J connectivity index is 1.98. The molecular weight excluding hydrogens is 373 g/mol. The number of hydrazone groups is 1. The van der Waals surface area contributed by atoms with Crippen molar-refractivity contribution in [1.29, 1.82) is 0 Å². The summed E-state index contributed by atoms with van der Waals surface area (Å²) in [5, 5.41) is 6.77.